The molecule has 4 nitrogen and oxygen atoms in total. The molecular weight excluding hydrogens is 218 g/mol. The van der Waals surface area contributed by atoms with Crippen LogP contribution in [0.15, 0.2) is 24.3 Å². The van der Waals surface area contributed by atoms with Gasteiger partial charge in [-0.15, -0.1) is 0 Å². The average molecular weight is 239 g/mol. The van der Waals surface area contributed by atoms with Crippen LogP contribution in [0.25, 0.3) is 0 Å². The molecule has 0 aliphatic heterocycles. The van der Waals surface area contributed by atoms with Gasteiger partial charge in [0, 0.05) is 6.54 Å². The first-order chi connectivity index (χ1) is 8.22. The molecule has 0 saturated carbocycles. The van der Waals surface area contributed by atoms with Crippen molar-refractivity contribution in [3.05, 3.63) is 29.8 Å². The van der Waals surface area contributed by atoms with Crippen LogP contribution in [0.1, 0.15) is 5.56 Å². The number of nitrogens with zero attached hydrogens (tertiary/aromatic N) is 1. The maximum Gasteiger partial charge on any atom is 0.122 e. The largest absolute Gasteiger partial charge is 0.496 e. The lowest BCUT2D eigenvalue weighted by Crippen LogP contribution is -2.38. The molecule has 96 valence electrons. The summed E-state index contributed by atoms with van der Waals surface area (Å²) in [6.45, 7) is 0.712. The Hall–Kier alpha value is -1.10. The van der Waals surface area contributed by atoms with Gasteiger partial charge in [-0.3, -0.25) is 4.90 Å². The Labute approximate surface area is 102 Å². The minimum Gasteiger partial charge on any atom is -0.496 e. The highest BCUT2D eigenvalue weighted by Crippen LogP contribution is 2.18. The first-order valence-corrected chi connectivity index (χ1v) is 5.76. The lowest BCUT2D eigenvalue weighted by molar-refractivity contribution is 0.0924. The molecule has 1 aromatic carbocycles. The number of benzene rings is 1. The van der Waals surface area contributed by atoms with E-state index < -0.39 is 0 Å². The van der Waals surface area contributed by atoms with Crippen molar-refractivity contribution >= 4 is 0 Å². The predicted molar refractivity (Wildman–Crippen MR) is 67.3 cm³/mol. The third-order valence-corrected chi connectivity index (χ3v) is 2.97. The number of hydrogen-bond donors (Lipinski definition) is 2. The van der Waals surface area contributed by atoms with Crippen LogP contribution < -0.4 is 4.74 Å². The highest BCUT2D eigenvalue weighted by molar-refractivity contribution is 5.33. The second kappa shape index (κ2) is 7.27. The van der Waals surface area contributed by atoms with Gasteiger partial charge in [-0.1, -0.05) is 18.2 Å². The van der Waals surface area contributed by atoms with E-state index in [0.29, 0.717) is 0 Å². The molecule has 0 unspecified atom stereocenters. The Morgan fingerprint density at radius 3 is 2.47 bits per heavy atom. The zero-order chi connectivity index (χ0) is 12.7. The normalized spacial score (nSPS) is 11.2. The molecule has 0 saturated heterocycles. The summed E-state index contributed by atoms with van der Waals surface area (Å²) in [7, 11) is 3.55. The minimum atomic E-state index is -0.190. The molecule has 0 aliphatic rings. The summed E-state index contributed by atoms with van der Waals surface area (Å²) in [5.41, 5.74) is 1.14. The average Bonchev–Trinajstić information content (AvgIpc) is 2.38. The van der Waals surface area contributed by atoms with Crippen molar-refractivity contribution in [1.82, 2.24) is 4.90 Å². The zero-order valence-corrected chi connectivity index (χ0v) is 10.5. The van der Waals surface area contributed by atoms with E-state index in [1.165, 1.54) is 0 Å². The molecular formula is C13H21NO3. The number of aliphatic hydroxyl groups is 2. The second-order valence-corrected chi connectivity index (χ2v) is 4.06. The van der Waals surface area contributed by atoms with E-state index in [9.17, 15) is 0 Å². The summed E-state index contributed by atoms with van der Waals surface area (Å²) in [6.07, 6.45) is 0.830. The van der Waals surface area contributed by atoms with Gasteiger partial charge < -0.3 is 14.9 Å². The monoisotopic (exact) mass is 239 g/mol. The van der Waals surface area contributed by atoms with Gasteiger partial charge in [0.1, 0.15) is 5.75 Å². The lowest BCUT2D eigenvalue weighted by atomic mass is 10.1. The van der Waals surface area contributed by atoms with Gasteiger partial charge in [-0.25, -0.2) is 0 Å². The molecule has 17 heavy (non-hydrogen) atoms. The number of ether oxygens (including phenoxy) is 1. The van der Waals surface area contributed by atoms with Crippen molar-refractivity contribution in [1.29, 1.82) is 0 Å². The van der Waals surface area contributed by atoms with E-state index in [-0.39, 0.29) is 19.3 Å². The SMILES string of the molecule is COc1ccccc1CCN(C)C(CO)CO. The molecule has 0 amide bonds. The molecule has 0 fully saturated rings. The summed E-state index contributed by atoms with van der Waals surface area (Å²) in [5.74, 6) is 0.880. The topological polar surface area (TPSA) is 52.9 Å². The molecule has 2 N–H and O–H groups in total. The third-order valence-electron chi connectivity index (χ3n) is 2.97. The summed E-state index contributed by atoms with van der Waals surface area (Å²) < 4.78 is 5.27. The number of aliphatic hydroxyl groups excluding tert-OH is 2. The van der Waals surface area contributed by atoms with Gasteiger partial charge >= 0.3 is 0 Å². The fraction of sp³-hybridized carbons (Fsp3) is 0.538. The van der Waals surface area contributed by atoms with Crippen LogP contribution in [0.2, 0.25) is 0 Å². The van der Waals surface area contributed by atoms with Gasteiger partial charge in [0.2, 0.25) is 0 Å². The molecule has 0 atom stereocenters. The Morgan fingerprint density at radius 1 is 1.24 bits per heavy atom. The molecule has 1 rings (SSSR count). The van der Waals surface area contributed by atoms with Crippen molar-refractivity contribution in [2.75, 3.05) is 33.9 Å². The Balaban J connectivity index is 2.54. The summed E-state index contributed by atoms with van der Waals surface area (Å²) in [5, 5.41) is 18.1. The summed E-state index contributed by atoms with van der Waals surface area (Å²) in [6, 6.07) is 7.69. The van der Waals surface area contributed by atoms with Crippen LogP contribution in [0.4, 0.5) is 0 Å². The Bertz CT molecular complexity index is 326. The second-order valence-electron chi connectivity index (χ2n) is 4.06. The maximum absolute atomic E-state index is 9.07. The van der Waals surface area contributed by atoms with Crippen LogP contribution in [0.5, 0.6) is 5.75 Å². The van der Waals surface area contributed by atoms with E-state index in [2.05, 4.69) is 0 Å². The van der Waals surface area contributed by atoms with E-state index in [1.54, 1.807) is 7.11 Å². The van der Waals surface area contributed by atoms with Gasteiger partial charge in [0.25, 0.3) is 0 Å². The van der Waals surface area contributed by atoms with Gasteiger partial charge in [0.05, 0.1) is 26.4 Å². The van der Waals surface area contributed by atoms with Crippen LogP contribution in [-0.4, -0.2) is 55.1 Å². The summed E-state index contributed by atoms with van der Waals surface area (Å²) in [4.78, 5) is 1.95. The molecule has 0 bridgehead atoms. The van der Waals surface area contributed by atoms with Crippen LogP contribution in [-0.2, 0) is 6.42 Å². The van der Waals surface area contributed by atoms with Gasteiger partial charge in [-0.2, -0.15) is 0 Å². The number of likely N-dealkylation sites (N-methyl/N-ethyl adjacent to an activating group) is 1. The number of methoxy groups -OCH3 is 1. The van der Waals surface area contributed by atoms with Crippen LogP contribution >= 0.6 is 0 Å². The third kappa shape index (κ3) is 4.00. The highest BCUT2D eigenvalue weighted by atomic mass is 16.5. The minimum absolute atomic E-state index is 0.0288. The predicted octanol–water partition coefficient (Wildman–Crippen LogP) is 0.523. The van der Waals surface area contributed by atoms with E-state index in [0.717, 1.165) is 24.3 Å². The fourth-order valence-corrected chi connectivity index (χ4v) is 1.73. The Kier molecular flexibility index (Phi) is 5.97. The van der Waals surface area contributed by atoms with Crippen molar-refractivity contribution in [2.45, 2.75) is 12.5 Å². The summed E-state index contributed by atoms with van der Waals surface area (Å²) >= 11 is 0. The van der Waals surface area contributed by atoms with Crippen molar-refractivity contribution < 1.29 is 14.9 Å². The molecule has 4 heteroatoms. The van der Waals surface area contributed by atoms with Gasteiger partial charge in [0.15, 0.2) is 0 Å². The molecule has 0 radical (unpaired) electrons. The standard InChI is InChI=1S/C13H21NO3/c1-14(12(9-15)10-16)8-7-11-5-3-4-6-13(11)17-2/h3-6,12,15-16H,7-10H2,1-2H3. The van der Waals surface area contributed by atoms with Crippen molar-refractivity contribution in [3.8, 4) is 5.75 Å². The number of para-hydroxylation sites is 1. The van der Waals surface area contributed by atoms with Crippen molar-refractivity contribution in [3.63, 3.8) is 0 Å². The molecule has 0 heterocycles. The maximum atomic E-state index is 9.07. The lowest BCUT2D eigenvalue weighted by Gasteiger charge is -2.24. The fourth-order valence-electron chi connectivity index (χ4n) is 1.73. The molecule has 0 spiro atoms. The molecule has 0 aromatic heterocycles. The van der Waals surface area contributed by atoms with E-state index >= 15 is 0 Å². The first-order valence-electron chi connectivity index (χ1n) is 5.76. The smallest absolute Gasteiger partial charge is 0.122 e. The molecule has 1 aromatic rings. The number of rotatable bonds is 7. The van der Waals surface area contributed by atoms with Crippen LogP contribution in [0, 0.1) is 0 Å². The van der Waals surface area contributed by atoms with E-state index in [4.69, 9.17) is 14.9 Å². The Morgan fingerprint density at radius 2 is 1.88 bits per heavy atom. The van der Waals surface area contributed by atoms with Crippen molar-refractivity contribution in [2.24, 2.45) is 0 Å². The molecule has 0 aliphatic carbocycles. The first kappa shape index (κ1) is 14.0. The highest BCUT2D eigenvalue weighted by Gasteiger charge is 2.12. The zero-order valence-electron chi connectivity index (χ0n) is 10.5. The quantitative estimate of drug-likeness (QED) is 0.728. The van der Waals surface area contributed by atoms with Gasteiger partial charge in [-0.05, 0) is 25.1 Å². The van der Waals surface area contributed by atoms with Crippen LogP contribution in [0.3, 0.4) is 0 Å². The van der Waals surface area contributed by atoms with E-state index in [1.807, 2.05) is 36.2 Å². The number of hydrogen-bond acceptors (Lipinski definition) is 4.